The van der Waals surface area contributed by atoms with Crippen molar-refractivity contribution in [2.75, 3.05) is 19.5 Å². The van der Waals surface area contributed by atoms with Crippen LogP contribution in [0, 0.1) is 5.92 Å². The van der Waals surface area contributed by atoms with Crippen LogP contribution in [0.2, 0.25) is 0 Å². The number of carbonyl (C=O) groups excluding carboxylic acids is 1. The summed E-state index contributed by atoms with van der Waals surface area (Å²) >= 11 is 0. The maximum Gasteiger partial charge on any atom is 0.226 e. The molecule has 1 aliphatic heterocycles. The van der Waals surface area contributed by atoms with Crippen LogP contribution in [0.1, 0.15) is 31.1 Å². The van der Waals surface area contributed by atoms with Gasteiger partial charge in [-0.25, -0.2) is 0 Å². The van der Waals surface area contributed by atoms with E-state index in [1.54, 1.807) is 14.2 Å². The molecule has 1 heterocycles. The zero-order valence-corrected chi connectivity index (χ0v) is 17.6. The van der Waals surface area contributed by atoms with E-state index < -0.39 is 0 Å². The van der Waals surface area contributed by atoms with E-state index in [2.05, 4.69) is 5.32 Å². The molecule has 3 aromatic carbocycles. The summed E-state index contributed by atoms with van der Waals surface area (Å²) in [6.07, 6.45) is -0.342. The van der Waals surface area contributed by atoms with E-state index in [9.17, 15) is 4.79 Å². The number of nitrogens with one attached hydrogen (secondary N) is 1. The monoisotopic (exact) mass is 403 g/mol. The summed E-state index contributed by atoms with van der Waals surface area (Å²) in [6.45, 7) is 3.74. The molecule has 0 aliphatic carbocycles. The van der Waals surface area contributed by atoms with E-state index in [0.29, 0.717) is 0 Å². The molecule has 0 saturated heterocycles. The van der Waals surface area contributed by atoms with Crippen LogP contribution in [-0.4, -0.2) is 20.1 Å². The third kappa shape index (κ3) is 3.59. The van der Waals surface area contributed by atoms with Crippen LogP contribution >= 0.6 is 0 Å². The number of carbonyl (C=O) groups is 1. The number of methoxy groups -OCH3 is 2. The van der Waals surface area contributed by atoms with Crippen LogP contribution in [0.5, 0.6) is 17.2 Å². The molecule has 0 bridgehead atoms. The normalized spacial score (nSPS) is 14.4. The lowest BCUT2D eigenvalue weighted by Crippen LogP contribution is -2.19. The molecule has 0 fully saturated rings. The minimum Gasteiger partial charge on any atom is -0.497 e. The first kappa shape index (κ1) is 19.8. The number of rotatable bonds is 5. The molecule has 4 rings (SSSR count). The molecule has 1 unspecified atom stereocenters. The van der Waals surface area contributed by atoms with Gasteiger partial charge in [0.2, 0.25) is 5.91 Å². The molecule has 154 valence electrons. The average Bonchev–Trinajstić information content (AvgIpc) is 2.77. The Hall–Kier alpha value is -3.47. The van der Waals surface area contributed by atoms with Crippen molar-refractivity contribution in [1.29, 1.82) is 0 Å². The van der Waals surface area contributed by atoms with Crippen molar-refractivity contribution in [2.24, 2.45) is 5.92 Å². The smallest absolute Gasteiger partial charge is 0.226 e. The molecule has 0 radical (unpaired) electrons. The first-order valence-corrected chi connectivity index (χ1v) is 9.94. The second-order valence-electron chi connectivity index (χ2n) is 7.55. The Morgan fingerprint density at radius 2 is 1.80 bits per heavy atom. The minimum absolute atomic E-state index is 0.0254. The van der Waals surface area contributed by atoms with Crippen molar-refractivity contribution >= 4 is 11.6 Å². The summed E-state index contributed by atoms with van der Waals surface area (Å²) in [5.41, 5.74) is 4.60. The summed E-state index contributed by atoms with van der Waals surface area (Å²) < 4.78 is 17.5. The number of benzene rings is 3. The van der Waals surface area contributed by atoms with Gasteiger partial charge in [0.1, 0.15) is 23.4 Å². The van der Waals surface area contributed by atoms with Crippen molar-refractivity contribution in [1.82, 2.24) is 0 Å². The lowest BCUT2D eigenvalue weighted by Gasteiger charge is -2.30. The van der Waals surface area contributed by atoms with Crippen LogP contribution in [-0.2, 0) is 4.79 Å². The van der Waals surface area contributed by atoms with Gasteiger partial charge in [-0.3, -0.25) is 4.79 Å². The van der Waals surface area contributed by atoms with Crippen LogP contribution in [0.15, 0.2) is 60.7 Å². The molecular weight excluding hydrogens is 378 g/mol. The lowest BCUT2D eigenvalue weighted by molar-refractivity contribution is -0.118. The fourth-order valence-corrected chi connectivity index (χ4v) is 3.66. The zero-order chi connectivity index (χ0) is 21.3. The highest BCUT2D eigenvalue weighted by atomic mass is 16.5. The van der Waals surface area contributed by atoms with Gasteiger partial charge in [-0.2, -0.15) is 0 Å². The second-order valence-corrected chi connectivity index (χ2v) is 7.55. The van der Waals surface area contributed by atoms with Gasteiger partial charge in [-0.1, -0.05) is 38.1 Å². The van der Waals surface area contributed by atoms with Gasteiger partial charge in [0, 0.05) is 22.7 Å². The first-order chi connectivity index (χ1) is 14.5. The van der Waals surface area contributed by atoms with Crippen molar-refractivity contribution in [2.45, 2.75) is 20.0 Å². The van der Waals surface area contributed by atoms with Crippen molar-refractivity contribution in [3.8, 4) is 28.4 Å². The highest BCUT2D eigenvalue weighted by Gasteiger charge is 2.30. The predicted octanol–water partition coefficient (Wildman–Crippen LogP) is 5.45. The van der Waals surface area contributed by atoms with Crippen LogP contribution in [0.4, 0.5) is 5.69 Å². The number of amides is 1. The summed E-state index contributed by atoms with van der Waals surface area (Å²) in [5.74, 6) is 2.14. The first-order valence-electron chi connectivity index (χ1n) is 9.94. The standard InChI is InChI=1S/C25H25NO4/c1-15(2)25(27)26-17-11-12-19-20(14-17)24(16-7-5-8-18(13-16)28-3)30-22-10-6-9-21(29-4)23(19)22/h5-15,24H,1-4H3,(H,26,27). The van der Waals surface area contributed by atoms with E-state index in [1.807, 2.05) is 74.5 Å². The highest BCUT2D eigenvalue weighted by Crippen LogP contribution is 2.49. The molecule has 0 spiro atoms. The Labute approximate surface area is 176 Å². The number of anilines is 1. The maximum atomic E-state index is 12.2. The second kappa shape index (κ2) is 8.11. The van der Waals surface area contributed by atoms with E-state index in [0.717, 1.165) is 45.2 Å². The maximum absolute atomic E-state index is 12.2. The Kier molecular flexibility index (Phi) is 5.36. The largest absolute Gasteiger partial charge is 0.497 e. The number of hydrogen-bond donors (Lipinski definition) is 1. The Morgan fingerprint density at radius 3 is 2.53 bits per heavy atom. The fourth-order valence-electron chi connectivity index (χ4n) is 3.66. The van der Waals surface area contributed by atoms with Crippen LogP contribution < -0.4 is 19.5 Å². The number of fused-ring (bicyclic) bond motifs is 3. The summed E-state index contributed by atoms with van der Waals surface area (Å²) in [4.78, 5) is 12.2. The highest BCUT2D eigenvalue weighted by molar-refractivity contribution is 5.93. The van der Waals surface area contributed by atoms with E-state index in [1.165, 1.54) is 0 Å². The summed E-state index contributed by atoms with van der Waals surface area (Å²) in [7, 11) is 3.30. The fraction of sp³-hybridized carbons (Fsp3) is 0.240. The van der Waals surface area contributed by atoms with Gasteiger partial charge >= 0.3 is 0 Å². The van der Waals surface area contributed by atoms with E-state index in [4.69, 9.17) is 14.2 Å². The molecule has 5 heteroatoms. The molecule has 1 N–H and O–H groups in total. The molecule has 1 aliphatic rings. The van der Waals surface area contributed by atoms with Crippen molar-refractivity contribution in [3.05, 3.63) is 71.8 Å². The SMILES string of the molecule is COc1cccc(C2Oc3cccc(OC)c3-c3ccc(NC(=O)C(C)C)cc32)c1. The molecule has 0 saturated carbocycles. The molecule has 1 amide bonds. The van der Waals surface area contributed by atoms with Gasteiger partial charge < -0.3 is 19.5 Å². The summed E-state index contributed by atoms with van der Waals surface area (Å²) in [5, 5.41) is 2.99. The molecule has 5 nitrogen and oxygen atoms in total. The van der Waals surface area contributed by atoms with E-state index >= 15 is 0 Å². The molecule has 1 atom stereocenters. The van der Waals surface area contributed by atoms with Gasteiger partial charge in [0.05, 0.1) is 19.8 Å². The van der Waals surface area contributed by atoms with E-state index in [-0.39, 0.29) is 17.9 Å². The summed E-state index contributed by atoms with van der Waals surface area (Å²) in [6, 6.07) is 19.5. The predicted molar refractivity (Wildman–Crippen MR) is 117 cm³/mol. The Bertz CT molecular complexity index is 1090. The topological polar surface area (TPSA) is 56.8 Å². The Balaban J connectivity index is 1.87. The number of ether oxygens (including phenoxy) is 3. The van der Waals surface area contributed by atoms with Crippen LogP contribution in [0.3, 0.4) is 0 Å². The van der Waals surface area contributed by atoms with Gasteiger partial charge in [-0.05, 0) is 42.0 Å². The average molecular weight is 403 g/mol. The quantitative estimate of drug-likeness (QED) is 0.616. The van der Waals surface area contributed by atoms with Crippen LogP contribution in [0.25, 0.3) is 11.1 Å². The van der Waals surface area contributed by atoms with Gasteiger partial charge in [-0.15, -0.1) is 0 Å². The molecule has 0 aromatic heterocycles. The van der Waals surface area contributed by atoms with Crippen molar-refractivity contribution in [3.63, 3.8) is 0 Å². The number of hydrogen-bond acceptors (Lipinski definition) is 4. The lowest BCUT2D eigenvalue weighted by atomic mass is 9.88. The zero-order valence-electron chi connectivity index (χ0n) is 17.6. The van der Waals surface area contributed by atoms with Crippen molar-refractivity contribution < 1.29 is 19.0 Å². The molecule has 3 aromatic rings. The molecular formula is C25H25NO4. The van der Waals surface area contributed by atoms with Gasteiger partial charge in [0.25, 0.3) is 0 Å². The van der Waals surface area contributed by atoms with Gasteiger partial charge in [0.15, 0.2) is 0 Å². The third-order valence-electron chi connectivity index (χ3n) is 5.24. The molecule has 30 heavy (non-hydrogen) atoms. The Morgan fingerprint density at radius 1 is 1.00 bits per heavy atom. The third-order valence-corrected chi connectivity index (χ3v) is 5.24. The minimum atomic E-state index is -0.342.